The summed E-state index contributed by atoms with van der Waals surface area (Å²) in [5, 5.41) is 7.42. The number of likely N-dealkylation sites (tertiary alicyclic amines) is 1. The van der Waals surface area contributed by atoms with Gasteiger partial charge in [-0.05, 0) is 26.2 Å². The lowest BCUT2D eigenvalue weighted by atomic mass is 9.96. The maximum Gasteiger partial charge on any atom is 0.228 e. The molecule has 0 aromatic carbocycles. The van der Waals surface area contributed by atoms with E-state index >= 15 is 0 Å². The zero-order valence-electron chi connectivity index (χ0n) is 13.3. The third-order valence-corrected chi connectivity index (χ3v) is 4.27. The highest BCUT2D eigenvalue weighted by molar-refractivity contribution is 5.92. The molecule has 2 amide bonds. The molecule has 1 saturated heterocycles. The predicted octanol–water partition coefficient (Wildman–Crippen LogP) is 1.49. The molecule has 2 rings (SSSR count). The van der Waals surface area contributed by atoms with Gasteiger partial charge in [0.25, 0.3) is 0 Å². The van der Waals surface area contributed by atoms with E-state index < -0.39 is 0 Å². The number of piperidine rings is 1. The summed E-state index contributed by atoms with van der Waals surface area (Å²) in [7, 11) is 1.85. The van der Waals surface area contributed by atoms with Crippen molar-refractivity contribution in [2.24, 2.45) is 13.0 Å². The van der Waals surface area contributed by atoms with Crippen LogP contribution in [-0.2, 0) is 23.1 Å². The van der Waals surface area contributed by atoms with E-state index in [4.69, 9.17) is 0 Å². The van der Waals surface area contributed by atoms with Crippen LogP contribution in [0.25, 0.3) is 0 Å². The third-order valence-electron chi connectivity index (χ3n) is 4.27. The van der Waals surface area contributed by atoms with E-state index in [0.29, 0.717) is 13.1 Å². The number of aromatic nitrogens is 2. The Bertz CT molecular complexity index is 542. The number of aryl methyl sites for hydroxylation is 2. The lowest BCUT2D eigenvalue weighted by Crippen LogP contribution is -2.40. The smallest absolute Gasteiger partial charge is 0.228 e. The molecule has 0 unspecified atom stereocenters. The fraction of sp³-hybridized carbons (Fsp3) is 0.667. The summed E-state index contributed by atoms with van der Waals surface area (Å²) >= 11 is 0. The molecule has 1 aromatic heterocycles. The van der Waals surface area contributed by atoms with Crippen LogP contribution in [0.4, 0.5) is 5.82 Å². The largest absolute Gasteiger partial charge is 0.343 e. The van der Waals surface area contributed by atoms with Gasteiger partial charge in [0.1, 0.15) is 5.82 Å². The molecule has 1 aliphatic heterocycles. The SMILES string of the molecule is CCc1nn(C)c(NC(=O)C2CCN(C(C)=O)CC2)c1C. The second-order valence-corrected chi connectivity index (χ2v) is 5.67. The molecular weight excluding hydrogens is 268 g/mol. The van der Waals surface area contributed by atoms with Crippen LogP contribution in [0.3, 0.4) is 0 Å². The Kier molecular flexibility index (Phi) is 4.65. The first kappa shape index (κ1) is 15.5. The van der Waals surface area contributed by atoms with Gasteiger partial charge in [-0.25, -0.2) is 0 Å². The van der Waals surface area contributed by atoms with Gasteiger partial charge < -0.3 is 10.2 Å². The van der Waals surface area contributed by atoms with Crippen LogP contribution in [0, 0.1) is 12.8 Å². The van der Waals surface area contributed by atoms with E-state index in [1.54, 1.807) is 16.5 Å². The first-order valence-corrected chi connectivity index (χ1v) is 7.52. The monoisotopic (exact) mass is 292 g/mol. The van der Waals surface area contributed by atoms with Crippen LogP contribution in [-0.4, -0.2) is 39.6 Å². The van der Waals surface area contributed by atoms with Crippen LogP contribution in [0.1, 0.15) is 37.9 Å². The van der Waals surface area contributed by atoms with Gasteiger partial charge in [-0.3, -0.25) is 14.3 Å². The number of anilines is 1. The summed E-state index contributed by atoms with van der Waals surface area (Å²) in [4.78, 5) is 25.5. The number of amides is 2. The number of hydrogen-bond donors (Lipinski definition) is 1. The highest BCUT2D eigenvalue weighted by atomic mass is 16.2. The van der Waals surface area contributed by atoms with Crippen molar-refractivity contribution in [3.8, 4) is 0 Å². The van der Waals surface area contributed by atoms with Crippen molar-refractivity contribution in [2.45, 2.75) is 40.0 Å². The maximum atomic E-state index is 12.4. The summed E-state index contributed by atoms with van der Waals surface area (Å²) in [6.45, 7) is 6.94. The fourth-order valence-corrected chi connectivity index (χ4v) is 2.87. The zero-order valence-corrected chi connectivity index (χ0v) is 13.3. The van der Waals surface area contributed by atoms with Gasteiger partial charge in [-0.15, -0.1) is 0 Å². The maximum absolute atomic E-state index is 12.4. The minimum absolute atomic E-state index is 0.0278. The van der Waals surface area contributed by atoms with E-state index in [9.17, 15) is 9.59 Å². The third kappa shape index (κ3) is 3.25. The molecule has 2 heterocycles. The van der Waals surface area contributed by atoms with Crippen LogP contribution >= 0.6 is 0 Å². The molecule has 0 spiro atoms. The Balaban J connectivity index is 2.00. The first-order valence-electron chi connectivity index (χ1n) is 7.52. The second-order valence-electron chi connectivity index (χ2n) is 5.67. The average molecular weight is 292 g/mol. The van der Waals surface area contributed by atoms with Crippen LogP contribution < -0.4 is 5.32 Å². The summed E-state index contributed by atoms with van der Waals surface area (Å²) < 4.78 is 1.73. The van der Waals surface area contributed by atoms with Crippen LogP contribution in [0.15, 0.2) is 0 Å². The molecule has 6 heteroatoms. The number of carbonyl (C=O) groups is 2. The summed E-state index contributed by atoms with van der Waals surface area (Å²) in [5.74, 6) is 0.877. The minimum atomic E-state index is -0.0278. The summed E-state index contributed by atoms with van der Waals surface area (Å²) in [5.41, 5.74) is 2.05. The lowest BCUT2D eigenvalue weighted by Gasteiger charge is -2.30. The lowest BCUT2D eigenvalue weighted by molar-refractivity contribution is -0.132. The Morgan fingerprint density at radius 2 is 1.95 bits per heavy atom. The van der Waals surface area contributed by atoms with Crippen molar-refractivity contribution in [3.63, 3.8) is 0 Å². The van der Waals surface area contributed by atoms with E-state index in [1.807, 2.05) is 14.0 Å². The quantitative estimate of drug-likeness (QED) is 0.917. The molecule has 0 atom stereocenters. The molecule has 0 bridgehead atoms. The molecule has 116 valence electrons. The van der Waals surface area contributed by atoms with E-state index in [2.05, 4.69) is 17.3 Å². The van der Waals surface area contributed by atoms with Crippen molar-refractivity contribution < 1.29 is 9.59 Å². The standard InChI is InChI=1S/C15H24N4O2/c1-5-13-10(2)14(18(4)17-13)16-15(21)12-6-8-19(9-7-12)11(3)20/h12H,5-9H2,1-4H3,(H,16,21). The average Bonchev–Trinajstić information content (AvgIpc) is 2.74. The molecule has 21 heavy (non-hydrogen) atoms. The Morgan fingerprint density at radius 3 is 2.43 bits per heavy atom. The molecule has 0 aliphatic carbocycles. The molecular formula is C15H24N4O2. The van der Waals surface area contributed by atoms with Gasteiger partial charge >= 0.3 is 0 Å². The normalized spacial score (nSPS) is 16.1. The minimum Gasteiger partial charge on any atom is -0.343 e. The van der Waals surface area contributed by atoms with Crippen LogP contribution in [0.5, 0.6) is 0 Å². The molecule has 1 aromatic rings. The number of nitrogens with one attached hydrogen (secondary N) is 1. The topological polar surface area (TPSA) is 67.2 Å². The van der Waals surface area contributed by atoms with Crippen molar-refractivity contribution in [2.75, 3.05) is 18.4 Å². The van der Waals surface area contributed by atoms with Crippen LogP contribution in [0.2, 0.25) is 0 Å². The van der Waals surface area contributed by atoms with Gasteiger partial charge in [0, 0.05) is 38.5 Å². The molecule has 1 fully saturated rings. The summed E-state index contributed by atoms with van der Waals surface area (Å²) in [6, 6.07) is 0. The first-order chi connectivity index (χ1) is 9.93. The predicted molar refractivity (Wildman–Crippen MR) is 80.9 cm³/mol. The Morgan fingerprint density at radius 1 is 1.33 bits per heavy atom. The van der Waals surface area contributed by atoms with Crippen molar-refractivity contribution >= 4 is 17.6 Å². The van der Waals surface area contributed by atoms with E-state index in [0.717, 1.165) is 36.3 Å². The van der Waals surface area contributed by atoms with Gasteiger partial charge in [-0.1, -0.05) is 6.92 Å². The molecule has 1 aliphatic rings. The molecule has 0 saturated carbocycles. The van der Waals surface area contributed by atoms with Crippen molar-refractivity contribution in [1.29, 1.82) is 0 Å². The van der Waals surface area contributed by atoms with Crippen molar-refractivity contribution in [3.05, 3.63) is 11.3 Å². The second kappa shape index (κ2) is 6.28. The number of carbonyl (C=O) groups excluding carboxylic acids is 2. The highest BCUT2D eigenvalue weighted by Crippen LogP contribution is 2.22. The number of nitrogens with zero attached hydrogens (tertiary/aromatic N) is 3. The zero-order chi connectivity index (χ0) is 15.6. The van der Waals surface area contributed by atoms with Crippen molar-refractivity contribution in [1.82, 2.24) is 14.7 Å². The van der Waals surface area contributed by atoms with Gasteiger partial charge in [0.2, 0.25) is 11.8 Å². The molecule has 6 nitrogen and oxygen atoms in total. The number of hydrogen-bond acceptors (Lipinski definition) is 3. The van der Waals surface area contributed by atoms with Gasteiger partial charge in [0.15, 0.2) is 0 Å². The van der Waals surface area contributed by atoms with E-state index in [1.165, 1.54) is 0 Å². The van der Waals surface area contributed by atoms with Gasteiger partial charge in [0.05, 0.1) is 5.69 Å². The molecule has 0 radical (unpaired) electrons. The Hall–Kier alpha value is -1.85. The molecule has 1 N–H and O–H groups in total. The fourth-order valence-electron chi connectivity index (χ4n) is 2.87. The Labute approximate surface area is 125 Å². The van der Waals surface area contributed by atoms with Gasteiger partial charge in [-0.2, -0.15) is 5.10 Å². The van der Waals surface area contributed by atoms with E-state index in [-0.39, 0.29) is 17.7 Å². The summed E-state index contributed by atoms with van der Waals surface area (Å²) in [6.07, 6.45) is 2.30. The number of rotatable bonds is 3. The highest BCUT2D eigenvalue weighted by Gasteiger charge is 2.27.